The molecule has 8 atom stereocenters. The molecular formula is C37H43N5O11S. The maximum atomic E-state index is 13.8. The molecule has 2 saturated heterocycles. The third-order valence-electron chi connectivity index (χ3n) is 10.6. The zero-order valence-electron chi connectivity index (χ0n) is 31.0. The number of methoxy groups -OCH3 is 2. The van der Waals surface area contributed by atoms with Crippen molar-refractivity contribution in [1.82, 2.24) is 20.9 Å². The van der Waals surface area contributed by atoms with Crippen molar-refractivity contribution in [2.45, 2.75) is 88.6 Å². The lowest BCUT2D eigenvalue weighted by molar-refractivity contribution is -0.151. The molecule has 2 fully saturated rings. The van der Waals surface area contributed by atoms with E-state index < -0.39 is 65.3 Å². The molecule has 4 bridgehead atoms. The van der Waals surface area contributed by atoms with Gasteiger partial charge in [0.1, 0.15) is 30.5 Å². The number of hydrogen-bond donors (Lipinski definition) is 3. The second kappa shape index (κ2) is 14.8. The van der Waals surface area contributed by atoms with Crippen molar-refractivity contribution in [2.75, 3.05) is 40.2 Å². The number of nitrogens with one attached hydrogen (secondary N) is 3. The van der Waals surface area contributed by atoms with Gasteiger partial charge < -0.3 is 49.1 Å². The molecule has 5 heterocycles. The SMILES string of the molecule is COCOc1c(OC)c(C)cc2c1[C@H]1N[C@@H](C2)[C@H](C#N)N2C1[C@@H]1SC[C@H](NC(=O)C(C)NC(C)=O)C(=O)OC[C@H]2c2c3c(c(C)c(OC(C)=O)c21)OCO3. The summed E-state index contributed by atoms with van der Waals surface area (Å²) in [6, 6.07) is -0.274. The zero-order chi connectivity index (χ0) is 38.6. The lowest BCUT2D eigenvalue weighted by Crippen LogP contribution is -2.69. The number of nitriles is 1. The van der Waals surface area contributed by atoms with Gasteiger partial charge in [0, 0.05) is 61.0 Å². The van der Waals surface area contributed by atoms with Gasteiger partial charge in [-0.1, -0.05) is 6.07 Å². The number of nitrogens with zero attached hydrogens (tertiary/aromatic N) is 2. The fourth-order valence-corrected chi connectivity index (χ4v) is 10.1. The molecule has 2 amide bonds. The van der Waals surface area contributed by atoms with Gasteiger partial charge in [-0.3, -0.25) is 19.3 Å². The molecule has 2 unspecified atom stereocenters. The maximum Gasteiger partial charge on any atom is 0.329 e. The molecule has 0 aliphatic carbocycles. The first kappa shape index (κ1) is 37.6. The molecule has 0 radical (unpaired) electrons. The molecule has 0 saturated carbocycles. The van der Waals surface area contributed by atoms with E-state index in [-0.39, 0.29) is 32.0 Å². The Kier molecular flexibility index (Phi) is 10.3. The Balaban J connectivity index is 1.46. The van der Waals surface area contributed by atoms with Crippen molar-refractivity contribution in [3.05, 3.63) is 39.4 Å². The highest BCUT2D eigenvalue weighted by atomic mass is 32.2. The van der Waals surface area contributed by atoms with Crippen LogP contribution in [0, 0.1) is 25.2 Å². The van der Waals surface area contributed by atoms with E-state index in [0.717, 1.165) is 16.7 Å². The highest BCUT2D eigenvalue weighted by Gasteiger charge is 2.59. The summed E-state index contributed by atoms with van der Waals surface area (Å²) in [6.07, 6.45) is 0.490. The number of carbonyl (C=O) groups is 4. The van der Waals surface area contributed by atoms with Crippen LogP contribution in [0.15, 0.2) is 6.07 Å². The van der Waals surface area contributed by atoms with E-state index in [0.29, 0.717) is 51.9 Å². The second-order valence-corrected chi connectivity index (χ2v) is 15.1. The van der Waals surface area contributed by atoms with Crippen LogP contribution < -0.4 is 39.6 Å². The van der Waals surface area contributed by atoms with Crippen LogP contribution in [0.1, 0.15) is 71.5 Å². The number of ether oxygens (including phenoxy) is 7. The van der Waals surface area contributed by atoms with Crippen LogP contribution in [0.25, 0.3) is 0 Å². The minimum absolute atomic E-state index is 0.0218. The lowest BCUT2D eigenvalue weighted by Gasteiger charge is -2.59. The average Bonchev–Trinajstić information content (AvgIpc) is 3.62. The van der Waals surface area contributed by atoms with Crippen LogP contribution in [-0.2, 0) is 35.1 Å². The van der Waals surface area contributed by atoms with Crippen LogP contribution in [0.2, 0.25) is 0 Å². The molecule has 7 rings (SSSR count). The average molecular weight is 766 g/mol. The van der Waals surface area contributed by atoms with Crippen LogP contribution >= 0.6 is 11.8 Å². The maximum absolute atomic E-state index is 13.8. The van der Waals surface area contributed by atoms with E-state index in [9.17, 15) is 24.4 Å². The van der Waals surface area contributed by atoms with Gasteiger partial charge in [-0.05, 0) is 38.3 Å². The van der Waals surface area contributed by atoms with Crippen molar-refractivity contribution < 1.29 is 52.3 Å². The molecule has 2 aromatic rings. The second-order valence-electron chi connectivity index (χ2n) is 14.0. The number of aryl methyl sites for hydroxylation is 1. The summed E-state index contributed by atoms with van der Waals surface area (Å²) >= 11 is 1.35. The molecule has 5 aliphatic heterocycles. The molecular weight excluding hydrogens is 722 g/mol. The standard InChI is InChI=1S/C37H43N5O11S/c1-15-8-20-9-21-23(10-38)42-24-11-49-37(46)22(41-36(45)17(3)39-18(4)43)12-54-35(29(42)28(40-21)25(20)33(30(15)48-7)50-13-47-6)27-26(24)34-32(51-14-52-34)16(2)31(27)53-19(5)44/h8,17,21-24,28-29,35,40H,9,11-14H2,1-7H3,(H,39,43)(H,41,45)/t17?,21-,22-,23-,24-,28+,29?,35+/m0/s1. The number of fused-ring (bicyclic) bond motifs is 9. The van der Waals surface area contributed by atoms with Crippen LogP contribution in [0.5, 0.6) is 28.7 Å². The number of piperazine rings is 1. The van der Waals surface area contributed by atoms with Crippen molar-refractivity contribution in [3.63, 3.8) is 0 Å². The fraction of sp³-hybridized carbons (Fsp3) is 0.541. The molecule has 54 heavy (non-hydrogen) atoms. The number of cyclic esters (lactones) is 1. The smallest absolute Gasteiger partial charge is 0.329 e. The quantitative estimate of drug-likeness (QED) is 0.201. The number of thioether (sulfide) groups is 1. The third kappa shape index (κ3) is 6.24. The molecule has 5 aliphatic rings. The summed E-state index contributed by atoms with van der Waals surface area (Å²) in [5.74, 6) is 0.00976. The van der Waals surface area contributed by atoms with E-state index in [1.807, 2.05) is 6.92 Å². The Morgan fingerprint density at radius 1 is 1.09 bits per heavy atom. The van der Waals surface area contributed by atoms with Gasteiger partial charge in [0.15, 0.2) is 29.8 Å². The summed E-state index contributed by atoms with van der Waals surface area (Å²) in [5.41, 5.74) is 4.47. The third-order valence-corrected chi connectivity index (χ3v) is 12.0. The van der Waals surface area contributed by atoms with E-state index in [1.54, 1.807) is 14.0 Å². The molecule has 0 spiro atoms. The van der Waals surface area contributed by atoms with Crippen LogP contribution in [0.4, 0.5) is 0 Å². The first-order chi connectivity index (χ1) is 25.9. The van der Waals surface area contributed by atoms with E-state index in [4.69, 9.17) is 33.2 Å². The van der Waals surface area contributed by atoms with Crippen molar-refractivity contribution in [3.8, 4) is 34.8 Å². The molecule has 17 heteroatoms. The Morgan fingerprint density at radius 3 is 2.54 bits per heavy atom. The topological polar surface area (TPSA) is 196 Å². The van der Waals surface area contributed by atoms with Crippen molar-refractivity contribution in [1.29, 1.82) is 5.26 Å². The van der Waals surface area contributed by atoms with Gasteiger partial charge in [0.05, 0.1) is 30.5 Å². The number of carbonyl (C=O) groups excluding carboxylic acids is 4. The highest BCUT2D eigenvalue weighted by molar-refractivity contribution is 7.99. The largest absolute Gasteiger partial charge is 0.493 e. The Hall–Kier alpha value is -4.76. The zero-order valence-corrected chi connectivity index (χ0v) is 31.8. The Morgan fingerprint density at radius 2 is 1.85 bits per heavy atom. The number of hydrogen-bond acceptors (Lipinski definition) is 15. The van der Waals surface area contributed by atoms with Gasteiger partial charge in [-0.15, -0.1) is 11.8 Å². The highest BCUT2D eigenvalue weighted by Crippen LogP contribution is 2.62. The molecule has 2 aromatic carbocycles. The van der Waals surface area contributed by atoms with Crippen LogP contribution in [0.3, 0.4) is 0 Å². The monoisotopic (exact) mass is 765 g/mol. The summed E-state index contributed by atoms with van der Waals surface area (Å²) < 4.78 is 41.7. The van der Waals surface area contributed by atoms with Gasteiger partial charge in [0.2, 0.25) is 18.6 Å². The molecule has 16 nitrogen and oxygen atoms in total. The normalized spacial score (nSPS) is 26.9. The first-order valence-corrected chi connectivity index (χ1v) is 18.7. The van der Waals surface area contributed by atoms with Crippen LogP contribution in [-0.4, -0.2) is 99.0 Å². The van der Waals surface area contributed by atoms with E-state index >= 15 is 0 Å². The predicted octanol–water partition coefficient (Wildman–Crippen LogP) is 2.18. The minimum atomic E-state index is -1.11. The van der Waals surface area contributed by atoms with Gasteiger partial charge in [-0.2, -0.15) is 5.26 Å². The van der Waals surface area contributed by atoms with E-state index in [1.165, 1.54) is 39.6 Å². The van der Waals surface area contributed by atoms with Crippen molar-refractivity contribution >= 4 is 35.5 Å². The Bertz CT molecular complexity index is 1950. The minimum Gasteiger partial charge on any atom is -0.493 e. The molecule has 288 valence electrons. The lowest BCUT2D eigenvalue weighted by atomic mass is 9.72. The summed E-state index contributed by atoms with van der Waals surface area (Å²) in [4.78, 5) is 53.7. The van der Waals surface area contributed by atoms with Gasteiger partial charge in [-0.25, -0.2) is 4.79 Å². The molecule has 0 aromatic heterocycles. The summed E-state index contributed by atoms with van der Waals surface area (Å²) in [6.45, 7) is 7.51. The number of benzene rings is 2. The van der Waals surface area contributed by atoms with E-state index in [2.05, 4.69) is 33.0 Å². The number of amides is 2. The molecule has 3 N–H and O–H groups in total. The Labute approximate surface area is 316 Å². The van der Waals surface area contributed by atoms with Gasteiger partial charge >= 0.3 is 11.9 Å². The summed E-state index contributed by atoms with van der Waals surface area (Å²) in [5, 5.41) is 19.4. The summed E-state index contributed by atoms with van der Waals surface area (Å²) in [7, 11) is 3.11. The predicted molar refractivity (Wildman–Crippen MR) is 191 cm³/mol. The fourth-order valence-electron chi connectivity index (χ4n) is 8.58. The first-order valence-electron chi connectivity index (χ1n) is 17.6. The van der Waals surface area contributed by atoms with Crippen molar-refractivity contribution in [2.24, 2.45) is 0 Å². The number of rotatable bonds is 8. The number of esters is 2. The van der Waals surface area contributed by atoms with Gasteiger partial charge in [0.25, 0.3) is 0 Å².